The molecule has 0 saturated heterocycles. The highest BCUT2D eigenvalue weighted by Crippen LogP contribution is 2.53. The lowest BCUT2D eigenvalue weighted by molar-refractivity contribution is 0.590. The Balaban J connectivity index is 1.00. The minimum absolute atomic E-state index is 0.162. The molecule has 17 rings (SSSR count). The molecule has 2 aliphatic heterocycles. The normalized spacial score (nSPS) is 12.7. The molecule has 89 heavy (non-hydrogen) atoms. The van der Waals surface area contributed by atoms with E-state index in [1.807, 2.05) is 0 Å². The van der Waals surface area contributed by atoms with Gasteiger partial charge in [0.25, 0.3) is 6.71 Å². The van der Waals surface area contributed by atoms with Gasteiger partial charge in [0.2, 0.25) is 0 Å². The van der Waals surface area contributed by atoms with E-state index in [0.717, 1.165) is 45.0 Å². The van der Waals surface area contributed by atoms with Gasteiger partial charge < -0.3 is 18.9 Å². The predicted octanol–water partition coefficient (Wildman–Crippen LogP) is 20.5. The van der Waals surface area contributed by atoms with Gasteiger partial charge >= 0.3 is 0 Å². The van der Waals surface area contributed by atoms with E-state index >= 15 is 0 Å². The number of fused-ring (bicyclic) bond motifs is 10. The molecule has 4 heterocycles. The molecule has 2 aliphatic rings. The van der Waals surface area contributed by atoms with Crippen molar-refractivity contribution in [2.45, 2.75) is 40.0 Å². The highest BCUT2D eigenvalue weighted by atomic mass is 15.2. The molecule has 4 nitrogen and oxygen atoms in total. The van der Waals surface area contributed by atoms with E-state index in [4.69, 9.17) is 0 Å². The Morgan fingerprint density at radius 1 is 0.281 bits per heavy atom. The van der Waals surface area contributed by atoms with E-state index in [1.165, 1.54) is 122 Å². The average Bonchev–Trinajstić information content (AvgIpc) is 1.03. The van der Waals surface area contributed by atoms with Crippen LogP contribution in [0.1, 0.15) is 37.5 Å². The summed E-state index contributed by atoms with van der Waals surface area (Å²) >= 11 is 0. The number of hydrogen-bond acceptors (Lipinski definition) is 2. The van der Waals surface area contributed by atoms with Gasteiger partial charge in [-0.1, -0.05) is 239 Å². The quantitative estimate of drug-likeness (QED) is 0.141. The standard InChI is InChI=1S/C84H63BN4/c1-54-71(86-75-42-20-14-36-65(75)66-37-15-21-43-76(66)86)48-46-69-82(54)88(73-40-18-12-34-63(73)60-32-24-30-58(50-60)56-26-8-6-9-27-56)79-52-62(84(3,4)5)53-80-81(79)85(69)70-47-49-72(87-77-44-22-16-38-67(77)68-39-17-23-45-78(68)87)55(2)83(70)89(80)74-41-19-13-35-64(74)61-33-25-31-59(51-61)57-28-10-7-11-29-57/h6-53H,1-5H3. The number of nitrogens with zero attached hydrogens (tertiary/aromatic N) is 4. The summed E-state index contributed by atoms with van der Waals surface area (Å²) in [6, 6.07) is 109. The van der Waals surface area contributed by atoms with Gasteiger partial charge in [-0.2, -0.15) is 0 Å². The fraction of sp³-hybridized carbons (Fsp3) is 0.0714. The SMILES string of the molecule is Cc1c(-n2c3ccccc3c3ccccc32)ccc2c1N(c1ccccc1-c1cccc(-c3ccccc3)c1)c1cc(C(C)(C)C)cc3c1B2c1ccc(-n2c4ccccc4c4ccccc42)c(C)c1N3c1ccccc1-c1cccc(-c2ccccc2)c1. The Hall–Kier alpha value is -10.9. The monoisotopic (exact) mass is 1140 g/mol. The molecule has 422 valence electrons. The van der Waals surface area contributed by atoms with Crippen LogP contribution >= 0.6 is 0 Å². The maximum atomic E-state index is 2.68. The van der Waals surface area contributed by atoms with Crippen molar-refractivity contribution in [1.29, 1.82) is 0 Å². The van der Waals surface area contributed by atoms with E-state index in [9.17, 15) is 0 Å². The van der Waals surface area contributed by atoms with Gasteiger partial charge in [-0.25, -0.2) is 0 Å². The lowest BCUT2D eigenvalue weighted by atomic mass is 9.33. The molecular formula is C84H63BN4. The first-order chi connectivity index (χ1) is 43.7. The molecule has 0 amide bonds. The van der Waals surface area contributed by atoms with Gasteiger partial charge in [-0.3, -0.25) is 0 Å². The van der Waals surface area contributed by atoms with Crippen molar-refractivity contribution >= 4 is 101 Å². The Bertz CT molecular complexity index is 4920. The molecule has 0 bridgehead atoms. The second kappa shape index (κ2) is 20.4. The van der Waals surface area contributed by atoms with Crippen LogP contribution in [0.3, 0.4) is 0 Å². The zero-order chi connectivity index (χ0) is 59.6. The average molecular weight is 1140 g/mol. The van der Waals surface area contributed by atoms with Crippen LogP contribution in [0.25, 0.3) is 99.5 Å². The summed E-state index contributed by atoms with van der Waals surface area (Å²) < 4.78 is 5.03. The number of benzene rings is 13. The van der Waals surface area contributed by atoms with Crippen molar-refractivity contribution in [2.24, 2.45) is 0 Å². The lowest BCUT2D eigenvalue weighted by Crippen LogP contribution is -2.62. The van der Waals surface area contributed by atoms with Crippen molar-refractivity contribution in [1.82, 2.24) is 9.13 Å². The third kappa shape index (κ3) is 8.15. The van der Waals surface area contributed by atoms with Crippen molar-refractivity contribution in [3.8, 4) is 55.9 Å². The smallest absolute Gasteiger partial charge is 0.252 e. The molecular weight excluding hydrogens is 1080 g/mol. The molecule has 0 fully saturated rings. The Morgan fingerprint density at radius 2 is 0.618 bits per heavy atom. The second-order valence-electron chi connectivity index (χ2n) is 25.2. The largest absolute Gasteiger partial charge is 0.310 e. The molecule has 5 heteroatoms. The van der Waals surface area contributed by atoms with Crippen molar-refractivity contribution in [2.75, 3.05) is 9.80 Å². The van der Waals surface area contributed by atoms with Crippen molar-refractivity contribution in [3.63, 3.8) is 0 Å². The van der Waals surface area contributed by atoms with E-state index in [1.54, 1.807) is 0 Å². The van der Waals surface area contributed by atoms with Crippen LogP contribution in [0.5, 0.6) is 0 Å². The highest BCUT2D eigenvalue weighted by Gasteiger charge is 2.46. The molecule has 0 atom stereocenters. The van der Waals surface area contributed by atoms with Crippen LogP contribution in [-0.2, 0) is 5.41 Å². The fourth-order valence-electron chi connectivity index (χ4n) is 15.1. The van der Waals surface area contributed by atoms with E-state index < -0.39 is 0 Å². The van der Waals surface area contributed by atoms with E-state index in [2.05, 4.69) is 345 Å². The Morgan fingerprint density at radius 3 is 1.01 bits per heavy atom. The summed E-state index contributed by atoms with van der Waals surface area (Å²) in [6.45, 7) is 11.7. The molecule has 13 aromatic carbocycles. The molecule has 0 radical (unpaired) electrons. The van der Waals surface area contributed by atoms with Crippen LogP contribution in [0.4, 0.5) is 34.1 Å². The summed E-state index contributed by atoms with van der Waals surface area (Å²) in [5.41, 5.74) is 30.7. The zero-order valence-corrected chi connectivity index (χ0v) is 50.6. The maximum absolute atomic E-state index is 2.68. The topological polar surface area (TPSA) is 16.3 Å². The molecule has 0 saturated carbocycles. The second-order valence-corrected chi connectivity index (χ2v) is 25.2. The summed E-state index contributed by atoms with van der Waals surface area (Å²) in [5, 5.41) is 4.98. The molecule has 0 N–H and O–H groups in total. The number of rotatable bonds is 8. The first-order valence-electron chi connectivity index (χ1n) is 31.2. The predicted molar refractivity (Wildman–Crippen MR) is 379 cm³/mol. The van der Waals surface area contributed by atoms with E-state index in [0.29, 0.717) is 0 Å². The number of anilines is 6. The third-order valence-electron chi connectivity index (χ3n) is 19.2. The minimum atomic E-state index is -0.258. The lowest BCUT2D eigenvalue weighted by Gasteiger charge is -2.47. The van der Waals surface area contributed by atoms with Crippen LogP contribution in [0, 0.1) is 13.8 Å². The molecule has 15 aromatic rings. The summed E-state index contributed by atoms with van der Waals surface area (Å²) in [7, 11) is 0. The van der Waals surface area contributed by atoms with Gasteiger partial charge in [-0.15, -0.1) is 0 Å². The minimum Gasteiger partial charge on any atom is -0.310 e. The van der Waals surface area contributed by atoms with Gasteiger partial charge in [0.15, 0.2) is 0 Å². The van der Waals surface area contributed by atoms with Gasteiger partial charge in [0.1, 0.15) is 0 Å². The molecule has 0 unspecified atom stereocenters. The van der Waals surface area contributed by atoms with Crippen LogP contribution in [0.2, 0.25) is 0 Å². The van der Waals surface area contributed by atoms with E-state index in [-0.39, 0.29) is 12.1 Å². The van der Waals surface area contributed by atoms with Crippen LogP contribution in [-0.4, -0.2) is 15.8 Å². The Labute approximate surface area is 520 Å². The first kappa shape index (κ1) is 52.5. The van der Waals surface area contributed by atoms with Crippen molar-refractivity contribution in [3.05, 3.63) is 308 Å². The number of aromatic nitrogens is 2. The van der Waals surface area contributed by atoms with Gasteiger partial charge in [0.05, 0.1) is 44.8 Å². The van der Waals surface area contributed by atoms with Crippen molar-refractivity contribution < 1.29 is 0 Å². The summed E-state index contributed by atoms with van der Waals surface area (Å²) in [5.74, 6) is 0. The Kier molecular flexibility index (Phi) is 12.0. The third-order valence-corrected chi connectivity index (χ3v) is 19.2. The van der Waals surface area contributed by atoms with Crippen LogP contribution < -0.4 is 26.2 Å². The molecule has 2 aromatic heterocycles. The summed E-state index contributed by atoms with van der Waals surface area (Å²) in [4.78, 5) is 5.35. The summed E-state index contributed by atoms with van der Waals surface area (Å²) in [6.07, 6.45) is 0. The molecule has 0 aliphatic carbocycles. The van der Waals surface area contributed by atoms with Gasteiger partial charge in [0, 0.05) is 55.4 Å². The fourth-order valence-corrected chi connectivity index (χ4v) is 15.1. The van der Waals surface area contributed by atoms with Crippen LogP contribution in [0.15, 0.2) is 291 Å². The number of hydrogen-bond donors (Lipinski definition) is 0. The maximum Gasteiger partial charge on any atom is 0.252 e. The first-order valence-corrected chi connectivity index (χ1v) is 31.2. The highest BCUT2D eigenvalue weighted by molar-refractivity contribution is 7.00. The zero-order valence-electron chi connectivity index (χ0n) is 50.6. The molecule has 0 spiro atoms. The number of para-hydroxylation sites is 6. The van der Waals surface area contributed by atoms with Gasteiger partial charge in [-0.05, 0) is 159 Å².